The number of aromatic nitrogens is 2. The maximum absolute atomic E-state index is 12.4. The van der Waals surface area contributed by atoms with E-state index in [1.807, 2.05) is 30.3 Å². The number of para-hydroxylation sites is 1. The van der Waals surface area contributed by atoms with Gasteiger partial charge in [0.05, 0.1) is 12.2 Å². The number of hydrogen-bond acceptors (Lipinski definition) is 4. The number of nitrogens with zero attached hydrogens (tertiary/aromatic N) is 3. The summed E-state index contributed by atoms with van der Waals surface area (Å²) in [6.07, 6.45) is 2.76. The Hall–Kier alpha value is -2.43. The van der Waals surface area contributed by atoms with Crippen LogP contribution in [0.2, 0.25) is 0 Å². The average Bonchev–Trinajstić information content (AvgIpc) is 2.91. The number of carbonyl (C=O) groups excluding carboxylic acids is 1. The first kappa shape index (κ1) is 12.6. The lowest BCUT2D eigenvalue weighted by Crippen LogP contribution is -2.37. The molecule has 0 radical (unpaired) electrons. The van der Waals surface area contributed by atoms with Gasteiger partial charge in [-0.2, -0.15) is 0 Å². The Kier molecular flexibility index (Phi) is 3.33. The first-order valence-electron chi connectivity index (χ1n) is 6.52. The van der Waals surface area contributed by atoms with E-state index >= 15 is 0 Å². The van der Waals surface area contributed by atoms with Crippen LogP contribution in [0.1, 0.15) is 18.2 Å². The Bertz CT molecular complexity index is 591. The molecule has 102 valence electrons. The second-order valence-electron chi connectivity index (χ2n) is 4.76. The fourth-order valence-corrected chi connectivity index (χ4v) is 2.27. The third-order valence-corrected chi connectivity index (χ3v) is 3.30. The summed E-state index contributed by atoms with van der Waals surface area (Å²) in [5.41, 5.74) is 1.92. The molecule has 0 unspecified atom stereocenters. The van der Waals surface area contributed by atoms with Crippen LogP contribution in [0.3, 0.4) is 0 Å². The molecule has 1 aromatic carbocycles. The monoisotopic (exact) mass is 269 g/mol. The fraction of sp³-hybridized carbons (Fsp3) is 0.267. The molecule has 0 N–H and O–H groups in total. The summed E-state index contributed by atoms with van der Waals surface area (Å²) in [5, 5.41) is 0. The molecular weight excluding hydrogens is 254 g/mol. The Morgan fingerprint density at radius 3 is 2.85 bits per heavy atom. The van der Waals surface area contributed by atoms with Crippen LogP contribution in [0, 0.1) is 0 Å². The summed E-state index contributed by atoms with van der Waals surface area (Å²) in [7, 11) is 0. The summed E-state index contributed by atoms with van der Waals surface area (Å²) in [6.45, 7) is 2.85. The van der Waals surface area contributed by atoms with E-state index in [1.54, 1.807) is 18.0 Å². The fourth-order valence-electron chi connectivity index (χ4n) is 2.27. The summed E-state index contributed by atoms with van der Waals surface area (Å²) in [6, 6.07) is 9.36. The third kappa shape index (κ3) is 2.47. The first-order chi connectivity index (χ1) is 9.74. The van der Waals surface area contributed by atoms with Gasteiger partial charge < -0.3 is 9.64 Å². The predicted octanol–water partition coefficient (Wildman–Crippen LogP) is 1.79. The number of ether oxygens (including phenoxy) is 1. The highest BCUT2D eigenvalue weighted by Crippen LogP contribution is 2.21. The second kappa shape index (κ2) is 5.28. The summed E-state index contributed by atoms with van der Waals surface area (Å²) in [5.74, 6) is 0.664. The molecule has 2 heterocycles. The normalized spacial score (nSPS) is 14.8. The van der Waals surface area contributed by atoms with Crippen molar-refractivity contribution in [2.24, 2.45) is 0 Å². The molecule has 0 saturated carbocycles. The van der Waals surface area contributed by atoms with Gasteiger partial charge in [-0.25, -0.2) is 9.97 Å². The Morgan fingerprint density at radius 1 is 1.30 bits per heavy atom. The van der Waals surface area contributed by atoms with E-state index in [4.69, 9.17) is 4.74 Å². The largest absolute Gasteiger partial charge is 0.481 e. The standard InChI is InChI=1S/C15H15N3O2/c1-11(20-13-5-3-2-4-6-13)15(19)18-8-12-7-16-10-17-14(12)9-18/h2-7,10-11H,8-9H2,1H3/t11-/m0/s1. The Morgan fingerprint density at radius 2 is 2.10 bits per heavy atom. The molecule has 0 spiro atoms. The third-order valence-electron chi connectivity index (χ3n) is 3.30. The summed E-state index contributed by atoms with van der Waals surface area (Å²) >= 11 is 0. The van der Waals surface area contributed by atoms with Crippen molar-refractivity contribution in [1.82, 2.24) is 14.9 Å². The quantitative estimate of drug-likeness (QED) is 0.852. The van der Waals surface area contributed by atoms with Crippen LogP contribution >= 0.6 is 0 Å². The van der Waals surface area contributed by atoms with Crippen LogP contribution in [0.25, 0.3) is 0 Å². The first-order valence-corrected chi connectivity index (χ1v) is 6.52. The van der Waals surface area contributed by atoms with Crippen LogP contribution in [0.4, 0.5) is 0 Å². The van der Waals surface area contributed by atoms with E-state index in [9.17, 15) is 4.79 Å². The smallest absolute Gasteiger partial charge is 0.264 e. The van der Waals surface area contributed by atoms with Crippen molar-refractivity contribution in [1.29, 1.82) is 0 Å². The lowest BCUT2D eigenvalue weighted by Gasteiger charge is -2.21. The van der Waals surface area contributed by atoms with E-state index < -0.39 is 6.10 Å². The molecule has 1 atom stereocenters. The SMILES string of the molecule is C[C@H](Oc1ccccc1)C(=O)N1Cc2cncnc2C1. The van der Waals surface area contributed by atoms with Gasteiger partial charge in [0.25, 0.3) is 5.91 Å². The van der Waals surface area contributed by atoms with Crippen LogP contribution in [0.5, 0.6) is 5.75 Å². The Labute approximate surface area is 117 Å². The molecule has 0 saturated heterocycles. The molecule has 1 aromatic heterocycles. The molecule has 2 aromatic rings. The molecule has 3 rings (SSSR count). The minimum Gasteiger partial charge on any atom is -0.481 e. The van der Waals surface area contributed by atoms with E-state index in [2.05, 4.69) is 9.97 Å². The highest BCUT2D eigenvalue weighted by Gasteiger charge is 2.28. The lowest BCUT2D eigenvalue weighted by atomic mass is 10.3. The maximum atomic E-state index is 12.4. The van der Waals surface area contributed by atoms with Crippen LogP contribution in [-0.4, -0.2) is 26.9 Å². The maximum Gasteiger partial charge on any atom is 0.264 e. The van der Waals surface area contributed by atoms with Gasteiger partial charge in [-0.15, -0.1) is 0 Å². The highest BCUT2D eigenvalue weighted by atomic mass is 16.5. The van der Waals surface area contributed by atoms with Gasteiger partial charge in [0.15, 0.2) is 6.10 Å². The molecule has 1 aliphatic heterocycles. The number of rotatable bonds is 3. The van der Waals surface area contributed by atoms with E-state index in [0.717, 1.165) is 11.3 Å². The molecule has 5 nitrogen and oxygen atoms in total. The molecule has 5 heteroatoms. The number of carbonyl (C=O) groups is 1. The van der Waals surface area contributed by atoms with Gasteiger partial charge >= 0.3 is 0 Å². The van der Waals surface area contributed by atoms with Crippen molar-refractivity contribution in [2.45, 2.75) is 26.1 Å². The molecule has 1 aliphatic rings. The average molecular weight is 269 g/mol. The minimum absolute atomic E-state index is 0.0353. The van der Waals surface area contributed by atoms with E-state index in [-0.39, 0.29) is 5.91 Å². The van der Waals surface area contributed by atoms with Crippen molar-refractivity contribution < 1.29 is 9.53 Å². The number of amides is 1. The number of hydrogen-bond donors (Lipinski definition) is 0. The zero-order valence-electron chi connectivity index (χ0n) is 11.2. The second-order valence-corrected chi connectivity index (χ2v) is 4.76. The van der Waals surface area contributed by atoms with Gasteiger partial charge in [0.1, 0.15) is 12.1 Å². The molecular formula is C15H15N3O2. The zero-order valence-corrected chi connectivity index (χ0v) is 11.2. The van der Waals surface area contributed by atoms with Crippen LogP contribution in [-0.2, 0) is 17.9 Å². The van der Waals surface area contributed by atoms with Gasteiger partial charge in [0, 0.05) is 18.3 Å². The molecule has 20 heavy (non-hydrogen) atoms. The summed E-state index contributed by atoms with van der Waals surface area (Å²) < 4.78 is 5.66. The van der Waals surface area contributed by atoms with Gasteiger partial charge in [-0.1, -0.05) is 18.2 Å². The topological polar surface area (TPSA) is 55.3 Å². The lowest BCUT2D eigenvalue weighted by molar-refractivity contribution is -0.138. The molecule has 0 bridgehead atoms. The molecule has 0 aliphatic carbocycles. The van der Waals surface area contributed by atoms with E-state index in [0.29, 0.717) is 18.8 Å². The van der Waals surface area contributed by atoms with Crippen molar-refractivity contribution >= 4 is 5.91 Å². The molecule has 0 fully saturated rings. The predicted molar refractivity (Wildman–Crippen MR) is 72.8 cm³/mol. The van der Waals surface area contributed by atoms with E-state index in [1.165, 1.54) is 6.33 Å². The zero-order chi connectivity index (χ0) is 13.9. The number of fused-ring (bicyclic) bond motifs is 1. The van der Waals surface area contributed by atoms with Crippen LogP contribution in [0.15, 0.2) is 42.9 Å². The van der Waals surface area contributed by atoms with Crippen molar-refractivity contribution in [2.75, 3.05) is 0 Å². The van der Waals surface area contributed by atoms with Gasteiger partial charge in [0.2, 0.25) is 0 Å². The Balaban J connectivity index is 1.66. The molecule has 1 amide bonds. The van der Waals surface area contributed by atoms with Crippen LogP contribution < -0.4 is 4.74 Å². The highest BCUT2D eigenvalue weighted by molar-refractivity contribution is 5.81. The number of benzene rings is 1. The van der Waals surface area contributed by atoms with Gasteiger partial charge in [-0.05, 0) is 19.1 Å². The van der Waals surface area contributed by atoms with Crippen molar-refractivity contribution in [3.05, 3.63) is 54.1 Å². The van der Waals surface area contributed by atoms with Gasteiger partial charge in [-0.3, -0.25) is 4.79 Å². The minimum atomic E-state index is -0.514. The van der Waals surface area contributed by atoms with Crippen molar-refractivity contribution in [3.63, 3.8) is 0 Å². The van der Waals surface area contributed by atoms with Crippen molar-refractivity contribution in [3.8, 4) is 5.75 Å². The summed E-state index contributed by atoms with van der Waals surface area (Å²) in [4.78, 5) is 22.3.